The van der Waals surface area contributed by atoms with Crippen LogP contribution in [0, 0.1) is 0 Å². The van der Waals surface area contributed by atoms with E-state index in [0.717, 1.165) is 48.6 Å². The highest BCUT2D eigenvalue weighted by molar-refractivity contribution is 5.97. The van der Waals surface area contributed by atoms with Gasteiger partial charge < -0.3 is 24.8 Å². The number of nitrogens with two attached hydrogens (primary N) is 1. The molecule has 0 spiro atoms. The van der Waals surface area contributed by atoms with Crippen molar-refractivity contribution in [1.82, 2.24) is 14.5 Å². The lowest BCUT2D eigenvalue weighted by Gasteiger charge is -2.37. The van der Waals surface area contributed by atoms with E-state index in [4.69, 9.17) is 10.5 Å². The molecule has 35 heavy (non-hydrogen) atoms. The van der Waals surface area contributed by atoms with Crippen LogP contribution in [-0.4, -0.2) is 65.7 Å². The van der Waals surface area contributed by atoms with E-state index in [0.29, 0.717) is 18.7 Å². The number of hydrogen-bond donors (Lipinski definition) is 1. The molecule has 3 aromatic rings. The third-order valence-electron chi connectivity index (χ3n) is 7.31. The number of carbonyl (C=O) groups excluding carboxylic acids is 2. The number of amides is 2. The molecule has 2 aromatic heterocycles. The zero-order valence-electron chi connectivity index (χ0n) is 20.2. The fraction of sp³-hybridized carbons (Fsp3) is 0.444. The molecule has 1 saturated carbocycles. The number of hydrogen-bond acceptors (Lipinski definition) is 5. The van der Waals surface area contributed by atoms with Crippen LogP contribution in [0.2, 0.25) is 0 Å². The molecule has 8 nitrogen and oxygen atoms in total. The van der Waals surface area contributed by atoms with Crippen molar-refractivity contribution in [2.45, 2.75) is 44.2 Å². The lowest BCUT2D eigenvalue weighted by molar-refractivity contribution is -0.137. The molecule has 0 bridgehead atoms. The molecule has 1 saturated heterocycles. The van der Waals surface area contributed by atoms with Crippen LogP contribution in [-0.2, 0) is 16.1 Å². The summed E-state index contributed by atoms with van der Waals surface area (Å²) in [5, 5.41) is 1.03. The Morgan fingerprint density at radius 1 is 1.11 bits per heavy atom. The maximum atomic E-state index is 12.7. The first-order valence-electron chi connectivity index (χ1n) is 12.4. The molecule has 5 rings (SSSR count). The summed E-state index contributed by atoms with van der Waals surface area (Å²) in [5.74, 6) is 1.31. The predicted octanol–water partition coefficient (Wildman–Crippen LogP) is 3.16. The van der Waals surface area contributed by atoms with Gasteiger partial charge in [0.25, 0.3) is 0 Å². The number of aromatic nitrogens is 2. The van der Waals surface area contributed by atoms with E-state index in [2.05, 4.69) is 22.0 Å². The second-order valence-corrected chi connectivity index (χ2v) is 9.65. The van der Waals surface area contributed by atoms with E-state index in [1.807, 2.05) is 41.0 Å². The third-order valence-corrected chi connectivity index (χ3v) is 7.31. The summed E-state index contributed by atoms with van der Waals surface area (Å²) < 4.78 is 7.72. The minimum absolute atomic E-state index is 0.00346. The Balaban J connectivity index is 1.06. The number of nitrogens with zero attached hydrogens (tertiary/aromatic N) is 4. The Morgan fingerprint density at radius 3 is 2.60 bits per heavy atom. The van der Waals surface area contributed by atoms with Gasteiger partial charge in [0, 0.05) is 56.2 Å². The minimum Gasteiger partial charge on any atom is -0.370 e. The van der Waals surface area contributed by atoms with Gasteiger partial charge in [0.2, 0.25) is 11.8 Å². The second kappa shape index (κ2) is 10.1. The van der Waals surface area contributed by atoms with Crippen molar-refractivity contribution < 1.29 is 14.3 Å². The van der Waals surface area contributed by atoms with Gasteiger partial charge in [0.05, 0.1) is 6.61 Å². The molecular weight excluding hydrogens is 442 g/mol. The summed E-state index contributed by atoms with van der Waals surface area (Å²) in [6.45, 7) is 2.85. The molecule has 3 heterocycles. The number of anilines is 1. The van der Waals surface area contributed by atoms with Gasteiger partial charge in [0.1, 0.15) is 12.4 Å². The molecule has 1 aromatic carbocycles. The van der Waals surface area contributed by atoms with Crippen molar-refractivity contribution in [3.05, 3.63) is 59.9 Å². The summed E-state index contributed by atoms with van der Waals surface area (Å²) >= 11 is 0. The number of rotatable bonds is 9. The van der Waals surface area contributed by atoms with E-state index in [1.165, 1.54) is 18.4 Å². The van der Waals surface area contributed by atoms with Gasteiger partial charge in [-0.1, -0.05) is 12.1 Å². The number of carbonyl (C=O) groups is 2. The first-order valence-corrected chi connectivity index (χ1v) is 12.4. The van der Waals surface area contributed by atoms with Crippen LogP contribution < -0.4 is 10.6 Å². The maximum absolute atomic E-state index is 12.7. The second-order valence-electron chi connectivity index (χ2n) is 9.65. The van der Waals surface area contributed by atoms with Crippen molar-refractivity contribution in [3.8, 4) is 0 Å². The van der Waals surface area contributed by atoms with Crippen LogP contribution in [0.25, 0.3) is 10.9 Å². The number of piperidine rings is 1. The highest BCUT2D eigenvalue weighted by Gasteiger charge is 2.27. The zero-order valence-corrected chi connectivity index (χ0v) is 20.2. The largest absolute Gasteiger partial charge is 0.370 e. The molecule has 184 valence electrons. The molecule has 2 N–H and O–H groups in total. The summed E-state index contributed by atoms with van der Waals surface area (Å²) in [6, 6.07) is 12.0. The average molecular weight is 476 g/mol. The topological polar surface area (TPSA) is 93.7 Å². The van der Waals surface area contributed by atoms with E-state index < -0.39 is 5.91 Å². The molecule has 1 aliphatic heterocycles. The zero-order chi connectivity index (χ0) is 24.4. The first-order chi connectivity index (χ1) is 17.0. The summed E-state index contributed by atoms with van der Waals surface area (Å²) in [4.78, 5) is 33.0. The van der Waals surface area contributed by atoms with E-state index in [1.54, 1.807) is 12.1 Å². The first kappa shape index (κ1) is 23.4. The number of likely N-dealkylation sites (N-methyl/N-ethyl adjacent to an activating group) is 1. The molecule has 0 unspecified atom stereocenters. The Hall–Kier alpha value is -3.39. The Bertz CT molecular complexity index is 1190. The summed E-state index contributed by atoms with van der Waals surface area (Å²) in [7, 11) is 1.87. The van der Waals surface area contributed by atoms with Crippen molar-refractivity contribution in [2.75, 3.05) is 38.3 Å². The molecule has 0 atom stereocenters. The number of ether oxygens (including phenoxy) is 1. The van der Waals surface area contributed by atoms with Gasteiger partial charge in [-0.15, -0.1) is 0 Å². The van der Waals surface area contributed by atoms with Crippen LogP contribution in [0.4, 0.5) is 5.82 Å². The van der Waals surface area contributed by atoms with Crippen molar-refractivity contribution in [3.63, 3.8) is 0 Å². The van der Waals surface area contributed by atoms with Gasteiger partial charge in [-0.2, -0.15) is 0 Å². The monoisotopic (exact) mass is 475 g/mol. The smallest absolute Gasteiger partial charge is 0.248 e. The SMILES string of the molecule is CN(C(=O)COCCn1ccc2ccc(C(N)=O)cc21)C1CCN(c2ccc(C3CC3)cn2)CC1. The molecule has 2 amide bonds. The molecule has 8 heteroatoms. The standard InChI is InChI=1S/C27H33N5O3/c1-30(23-9-12-32(13-10-23)25-7-6-22(17-29-25)19-2-3-19)26(33)18-35-15-14-31-11-8-20-4-5-21(27(28)34)16-24(20)31/h4-8,11,16-17,19,23H,2-3,9-10,12-15,18H2,1H3,(H2,28,34). The fourth-order valence-corrected chi connectivity index (χ4v) is 4.88. The van der Waals surface area contributed by atoms with Crippen molar-refractivity contribution in [2.24, 2.45) is 5.73 Å². The number of primary amides is 1. The quantitative estimate of drug-likeness (QED) is 0.480. The fourth-order valence-electron chi connectivity index (χ4n) is 4.88. The lowest BCUT2D eigenvalue weighted by Crippen LogP contribution is -2.46. The van der Waals surface area contributed by atoms with Gasteiger partial charge >= 0.3 is 0 Å². The van der Waals surface area contributed by atoms with Crippen LogP contribution in [0.5, 0.6) is 0 Å². The van der Waals surface area contributed by atoms with E-state index in [9.17, 15) is 9.59 Å². The molecule has 1 aliphatic carbocycles. The Kier molecular flexibility index (Phi) is 6.72. The highest BCUT2D eigenvalue weighted by Crippen LogP contribution is 2.40. The van der Waals surface area contributed by atoms with Crippen molar-refractivity contribution >= 4 is 28.5 Å². The molecule has 2 fully saturated rings. The van der Waals surface area contributed by atoms with Crippen LogP contribution in [0.15, 0.2) is 48.8 Å². The lowest BCUT2D eigenvalue weighted by atomic mass is 10.0. The maximum Gasteiger partial charge on any atom is 0.248 e. The normalized spacial score (nSPS) is 16.5. The summed E-state index contributed by atoms with van der Waals surface area (Å²) in [6.07, 6.45) is 8.40. The van der Waals surface area contributed by atoms with Gasteiger partial charge in [-0.05, 0) is 66.8 Å². The molecule has 2 aliphatic rings. The number of pyridine rings is 1. The molecular formula is C27H33N5O3. The number of benzene rings is 1. The van der Waals surface area contributed by atoms with Gasteiger partial charge in [-0.3, -0.25) is 9.59 Å². The highest BCUT2D eigenvalue weighted by atomic mass is 16.5. The van der Waals surface area contributed by atoms with Gasteiger partial charge in [-0.25, -0.2) is 4.98 Å². The predicted molar refractivity (Wildman–Crippen MR) is 135 cm³/mol. The van der Waals surface area contributed by atoms with Crippen molar-refractivity contribution in [1.29, 1.82) is 0 Å². The number of fused-ring (bicyclic) bond motifs is 1. The van der Waals surface area contributed by atoms with Crippen LogP contribution >= 0.6 is 0 Å². The minimum atomic E-state index is -0.446. The summed E-state index contributed by atoms with van der Waals surface area (Å²) in [5.41, 5.74) is 8.16. The molecule has 0 radical (unpaired) electrons. The third kappa shape index (κ3) is 5.32. The van der Waals surface area contributed by atoms with Crippen LogP contribution in [0.3, 0.4) is 0 Å². The van der Waals surface area contributed by atoms with E-state index >= 15 is 0 Å². The average Bonchev–Trinajstić information content (AvgIpc) is 3.66. The Labute approximate surface area is 205 Å². The Morgan fingerprint density at radius 2 is 1.91 bits per heavy atom. The van der Waals surface area contributed by atoms with Gasteiger partial charge in [0.15, 0.2) is 0 Å². The van der Waals surface area contributed by atoms with E-state index in [-0.39, 0.29) is 18.6 Å². The van der Waals surface area contributed by atoms with Crippen LogP contribution in [0.1, 0.15) is 47.5 Å².